The molecule has 3 aromatic rings. The number of imidazole rings is 1. The molecule has 3 heterocycles. The summed E-state index contributed by atoms with van der Waals surface area (Å²) in [6.07, 6.45) is 1.82. The number of hydrogen-bond donors (Lipinski definition) is 2. The molecule has 0 aliphatic rings. The number of nitrogens with zero attached hydrogens (tertiary/aromatic N) is 2. The molecular formula is C16H22N4O3S. The highest BCUT2D eigenvalue weighted by molar-refractivity contribution is 7.98. The Hall–Kier alpha value is -2.32. The van der Waals surface area contributed by atoms with E-state index in [0.717, 1.165) is 33.2 Å². The normalized spacial score (nSPS) is 10.1. The molecule has 4 N–H and O–H groups in total. The maximum atomic E-state index is 11.3. The van der Waals surface area contributed by atoms with Crippen molar-refractivity contribution in [3.05, 3.63) is 45.5 Å². The number of aromatic amines is 2. The molecule has 7 nitrogen and oxygen atoms in total. The number of nitrogens with one attached hydrogen (secondary N) is 2. The van der Waals surface area contributed by atoms with E-state index in [9.17, 15) is 4.79 Å². The minimum absolute atomic E-state index is 0. The molecule has 0 spiro atoms. The van der Waals surface area contributed by atoms with Gasteiger partial charge in [0.15, 0.2) is 10.8 Å². The second kappa shape index (κ2) is 7.98. The Balaban J connectivity index is 0.00000144. The summed E-state index contributed by atoms with van der Waals surface area (Å²) in [4.78, 5) is 26.0. The fraction of sp³-hybridized carbons (Fsp3) is 0.312. The Labute approximate surface area is 144 Å². The highest BCUT2D eigenvalue weighted by atomic mass is 32.2. The van der Waals surface area contributed by atoms with Crippen LogP contribution in [0.4, 0.5) is 0 Å². The van der Waals surface area contributed by atoms with Crippen molar-refractivity contribution >= 4 is 22.9 Å². The second-order valence-corrected chi connectivity index (χ2v) is 5.93. The van der Waals surface area contributed by atoms with Gasteiger partial charge in [0.1, 0.15) is 5.75 Å². The van der Waals surface area contributed by atoms with Crippen LogP contribution >= 0.6 is 11.8 Å². The van der Waals surface area contributed by atoms with Crippen molar-refractivity contribution in [3.63, 3.8) is 0 Å². The molecule has 0 amide bonds. The molecule has 0 saturated carbocycles. The van der Waals surface area contributed by atoms with Crippen LogP contribution in [0.25, 0.3) is 11.2 Å². The zero-order chi connectivity index (χ0) is 15.7. The van der Waals surface area contributed by atoms with Gasteiger partial charge in [0.25, 0.3) is 0 Å². The van der Waals surface area contributed by atoms with E-state index in [2.05, 4.69) is 19.9 Å². The van der Waals surface area contributed by atoms with E-state index >= 15 is 0 Å². The number of ether oxygens (including phenoxy) is 1. The number of aromatic nitrogens is 4. The molecule has 0 fully saturated rings. The summed E-state index contributed by atoms with van der Waals surface area (Å²) in [5.74, 6) is 1.55. The lowest BCUT2D eigenvalue weighted by Crippen LogP contribution is -2.01. The Bertz CT molecular complexity index is 889. The molecule has 24 heavy (non-hydrogen) atoms. The van der Waals surface area contributed by atoms with Crippen LogP contribution in [0, 0.1) is 13.8 Å². The van der Waals surface area contributed by atoms with Crippen LogP contribution < -0.4 is 10.3 Å². The van der Waals surface area contributed by atoms with Crippen LogP contribution in [0.2, 0.25) is 0 Å². The highest BCUT2D eigenvalue weighted by Gasteiger charge is 2.11. The Morgan fingerprint density at radius 3 is 2.71 bits per heavy atom. The number of methoxy groups -OCH3 is 1. The summed E-state index contributed by atoms with van der Waals surface area (Å²) < 4.78 is 5.42. The maximum Gasteiger partial charge on any atom is 0.249 e. The molecule has 0 radical (unpaired) electrons. The van der Waals surface area contributed by atoms with Gasteiger partial charge in [-0.25, -0.2) is 4.98 Å². The fourth-order valence-corrected chi connectivity index (χ4v) is 3.22. The molecule has 0 saturated heterocycles. The highest BCUT2D eigenvalue weighted by Crippen LogP contribution is 2.28. The molecule has 3 rings (SSSR count). The molecule has 0 aliphatic carbocycles. The molecule has 0 aliphatic heterocycles. The smallest absolute Gasteiger partial charge is 0.249 e. The summed E-state index contributed by atoms with van der Waals surface area (Å²) in [7, 11) is 1.67. The minimum atomic E-state index is -0.156. The Morgan fingerprint density at radius 1 is 1.25 bits per heavy atom. The summed E-state index contributed by atoms with van der Waals surface area (Å²) in [6.45, 7) is 3.98. The van der Waals surface area contributed by atoms with E-state index in [1.54, 1.807) is 13.2 Å². The van der Waals surface area contributed by atoms with Gasteiger partial charge < -0.3 is 20.2 Å². The van der Waals surface area contributed by atoms with Crippen molar-refractivity contribution in [2.75, 3.05) is 7.11 Å². The number of H-pyrrole nitrogens is 2. The van der Waals surface area contributed by atoms with E-state index in [4.69, 9.17) is 4.74 Å². The lowest BCUT2D eigenvalue weighted by molar-refractivity contribution is 0.407. The molecule has 0 bridgehead atoms. The van der Waals surface area contributed by atoms with E-state index in [0.29, 0.717) is 11.4 Å². The van der Waals surface area contributed by atoms with E-state index in [1.807, 2.05) is 20.0 Å². The van der Waals surface area contributed by atoms with Gasteiger partial charge in [0, 0.05) is 29.1 Å². The lowest BCUT2D eigenvalue weighted by atomic mass is 10.1. The number of hydrogen-bond acceptors (Lipinski definition) is 5. The van der Waals surface area contributed by atoms with Gasteiger partial charge in [-0.2, -0.15) is 0 Å². The molecular weight excluding hydrogens is 328 g/mol. The minimum Gasteiger partial charge on any atom is -0.496 e. The number of thioether (sulfide) groups is 1. The molecule has 130 valence electrons. The van der Waals surface area contributed by atoms with Crippen molar-refractivity contribution in [2.45, 2.75) is 32.2 Å². The summed E-state index contributed by atoms with van der Waals surface area (Å²) in [5.41, 5.74) is 4.25. The van der Waals surface area contributed by atoms with Crippen LogP contribution in [-0.4, -0.2) is 32.5 Å². The van der Waals surface area contributed by atoms with Crippen LogP contribution in [0.1, 0.15) is 24.2 Å². The first-order valence-electron chi connectivity index (χ1n) is 6.79. The number of pyridine rings is 2. The van der Waals surface area contributed by atoms with Crippen molar-refractivity contribution < 1.29 is 10.2 Å². The summed E-state index contributed by atoms with van der Waals surface area (Å²) in [6, 6.07) is 3.20. The van der Waals surface area contributed by atoms with Gasteiger partial charge >= 0.3 is 0 Å². The first-order chi connectivity index (χ1) is 10.6. The van der Waals surface area contributed by atoms with Gasteiger partial charge in [-0.3, -0.25) is 9.78 Å². The van der Waals surface area contributed by atoms with E-state index in [1.165, 1.54) is 17.8 Å². The van der Waals surface area contributed by atoms with Gasteiger partial charge in [0.2, 0.25) is 5.56 Å². The van der Waals surface area contributed by atoms with Crippen LogP contribution in [0.15, 0.2) is 28.3 Å². The third-order valence-corrected chi connectivity index (χ3v) is 4.33. The summed E-state index contributed by atoms with van der Waals surface area (Å²) in [5, 5.41) is 0.748. The van der Waals surface area contributed by atoms with Crippen molar-refractivity contribution in [3.8, 4) is 5.75 Å². The topological polar surface area (TPSA) is 115 Å². The predicted octanol–water partition coefficient (Wildman–Crippen LogP) is 2.38. The molecule has 0 unspecified atom stereocenters. The quantitative estimate of drug-likeness (QED) is 0.701. The van der Waals surface area contributed by atoms with Crippen LogP contribution in [-0.2, 0) is 5.75 Å². The monoisotopic (exact) mass is 350 g/mol. The van der Waals surface area contributed by atoms with E-state index < -0.39 is 0 Å². The molecule has 0 aromatic carbocycles. The third kappa shape index (κ3) is 3.77. The van der Waals surface area contributed by atoms with Crippen molar-refractivity contribution in [1.82, 2.24) is 19.9 Å². The predicted molar refractivity (Wildman–Crippen MR) is 96.9 cm³/mol. The van der Waals surface area contributed by atoms with Gasteiger partial charge in [0.05, 0.1) is 18.3 Å². The molecule has 0 atom stereocenters. The third-order valence-electron chi connectivity index (χ3n) is 3.45. The lowest BCUT2D eigenvalue weighted by Gasteiger charge is -2.11. The number of fused-ring (bicyclic) bond motifs is 1. The van der Waals surface area contributed by atoms with Crippen LogP contribution in [0.5, 0.6) is 5.75 Å². The van der Waals surface area contributed by atoms with Crippen molar-refractivity contribution in [2.24, 2.45) is 0 Å². The first-order valence-corrected chi connectivity index (χ1v) is 7.78. The number of rotatable bonds is 4. The number of aryl methyl sites for hydroxylation is 1. The van der Waals surface area contributed by atoms with Gasteiger partial charge in [-0.15, -0.1) is 0 Å². The zero-order valence-corrected chi connectivity index (χ0v) is 13.9. The standard InChI is InChI=1S/C15H16N4O2S.CH4.H2O/c1-8-6-16-11(9(2)13(8)21-3)7-22-15-17-10-4-5-12(20)18-14(10)19-15;;/h4-6H,7H2,1-3H3,(H2,17,18,19,20);1H4;1H2. The largest absolute Gasteiger partial charge is 0.496 e. The zero-order valence-electron chi connectivity index (χ0n) is 13.1. The molecule has 3 aromatic heterocycles. The second-order valence-electron chi connectivity index (χ2n) is 4.96. The maximum absolute atomic E-state index is 11.3. The van der Waals surface area contributed by atoms with Gasteiger partial charge in [-0.05, 0) is 19.9 Å². The average Bonchev–Trinajstić information content (AvgIpc) is 2.89. The average molecular weight is 350 g/mol. The first kappa shape index (κ1) is 19.7. The van der Waals surface area contributed by atoms with Crippen LogP contribution in [0.3, 0.4) is 0 Å². The Kier molecular flexibility index (Phi) is 6.56. The van der Waals surface area contributed by atoms with Crippen molar-refractivity contribution in [1.29, 1.82) is 0 Å². The Morgan fingerprint density at radius 2 is 2.00 bits per heavy atom. The molecule has 8 heteroatoms. The SMILES string of the molecule is C.COc1c(C)cnc(CSc2nc3[nH]c(=O)ccc3[nH]2)c1C.O. The fourth-order valence-electron chi connectivity index (χ4n) is 2.32. The van der Waals surface area contributed by atoms with E-state index in [-0.39, 0.29) is 18.5 Å². The van der Waals surface area contributed by atoms with Gasteiger partial charge in [-0.1, -0.05) is 19.2 Å². The summed E-state index contributed by atoms with van der Waals surface area (Å²) >= 11 is 1.54.